The lowest BCUT2D eigenvalue weighted by atomic mass is 10.1. The molecule has 6 heteroatoms. The number of nitrogens with one attached hydrogen (secondary N) is 1. The molecule has 0 atom stereocenters. The molecular weight excluding hydrogens is 332 g/mol. The average molecular weight is 352 g/mol. The molecule has 0 unspecified atom stereocenters. The first-order valence-electron chi connectivity index (χ1n) is 8.09. The number of carbonyl (C=O) groups is 1. The summed E-state index contributed by atoms with van der Waals surface area (Å²) in [6, 6.07) is 17.5. The number of anilines is 3. The van der Waals surface area contributed by atoms with Crippen LogP contribution in [-0.2, 0) is 0 Å². The highest BCUT2D eigenvalue weighted by atomic mass is 32.1. The van der Waals surface area contributed by atoms with E-state index in [0.29, 0.717) is 16.6 Å². The van der Waals surface area contributed by atoms with E-state index in [0.717, 1.165) is 16.4 Å². The molecule has 128 valence electrons. The summed E-state index contributed by atoms with van der Waals surface area (Å²) in [4.78, 5) is 14.7. The van der Waals surface area contributed by atoms with Crippen molar-refractivity contribution in [3.8, 4) is 0 Å². The van der Waals surface area contributed by atoms with Gasteiger partial charge in [-0.05, 0) is 24.3 Å². The summed E-state index contributed by atoms with van der Waals surface area (Å²) in [5, 5.41) is 12.5. The zero-order chi connectivity index (χ0) is 17.8. The van der Waals surface area contributed by atoms with Crippen LogP contribution in [-0.4, -0.2) is 23.2 Å². The van der Waals surface area contributed by atoms with Crippen LogP contribution in [0.1, 0.15) is 35.1 Å². The topological polar surface area (TPSA) is 58.1 Å². The monoisotopic (exact) mass is 352 g/mol. The quantitative estimate of drug-likeness (QED) is 0.724. The molecule has 1 aromatic heterocycles. The third-order valence-electron chi connectivity index (χ3n) is 3.81. The molecule has 0 spiro atoms. The van der Waals surface area contributed by atoms with Gasteiger partial charge < -0.3 is 4.90 Å². The molecule has 0 aliphatic carbocycles. The third kappa shape index (κ3) is 3.85. The van der Waals surface area contributed by atoms with Gasteiger partial charge in [0.1, 0.15) is 5.01 Å². The number of aromatic nitrogens is 2. The maximum atomic E-state index is 12.8. The van der Waals surface area contributed by atoms with Crippen molar-refractivity contribution in [1.29, 1.82) is 0 Å². The zero-order valence-corrected chi connectivity index (χ0v) is 15.2. The molecule has 1 N–H and O–H groups in total. The maximum Gasteiger partial charge on any atom is 0.259 e. The summed E-state index contributed by atoms with van der Waals surface area (Å²) in [6.45, 7) is 4.10. The number of amides is 1. The van der Waals surface area contributed by atoms with Crippen LogP contribution in [0.5, 0.6) is 0 Å². The fraction of sp³-hybridized carbons (Fsp3) is 0.211. The molecule has 0 aliphatic rings. The van der Waals surface area contributed by atoms with Crippen molar-refractivity contribution < 1.29 is 4.79 Å². The first-order chi connectivity index (χ1) is 12.1. The fourth-order valence-electron chi connectivity index (χ4n) is 2.43. The Morgan fingerprint density at radius 3 is 2.40 bits per heavy atom. The zero-order valence-electron chi connectivity index (χ0n) is 14.4. The van der Waals surface area contributed by atoms with Crippen LogP contribution in [0.25, 0.3) is 0 Å². The molecule has 0 saturated carbocycles. The molecule has 25 heavy (non-hydrogen) atoms. The fourth-order valence-corrected chi connectivity index (χ4v) is 3.17. The molecular formula is C19H20N4OS. The number of hydrogen-bond donors (Lipinski definition) is 1. The Kier molecular flexibility index (Phi) is 5.09. The summed E-state index contributed by atoms with van der Waals surface area (Å²) in [6.07, 6.45) is 0. The van der Waals surface area contributed by atoms with Crippen LogP contribution < -0.4 is 10.2 Å². The number of nitrogens with zero attached hydrogens (tertiary/aromatic N) is 3. The first-order valence-corrected chi connectivity index (χ1v) is 8.90. The lowest BCUT2D eigenvalue weighted by Crippen LogP contribution is -2.18. The van der Waals surface area contributed by atoms with Crippen LogP contribution in [0.2, 0.25) is 0 Å². The van der Waals surface area contributed by atoms with E-state index in [1.165, 1.54) is 11.3 Å². The van der Waals surface area contributed by atoms with Gasteiger partial charge >= 0.3 is 0 Å². The minimum Gasteiger partial charge on any atom is -0.344 e. The summed E-state index contributed by atoms with van der Waals surface area (Å²) >= 11 is 1.41. The summed E-state index contributed by atoms with van der Waals surface area (Å²) < 4.78 is 0. The van der Waals surface area contributed by atoms with E-state index < -0.39 is 0 Å². The Bertz CT molecular complexity index is 861. The van der Waals surface area contributed by atoms with Gasteiger partial charge in [-0.2, -0.15) is 0 Å². The van der Waals surface area contributed by atoms with Crippen molar-refractivity contribution in [3.63, 3.8) is 0 Å². The molecule has 0 aliphatic heterocycles. The highest BCUT2D eigenvalue weighted by Gasteiger charge is 2.17. The van der Waals surface area contributed by atoms with Crippen molar-refractivity contribution >= 4 is 33.8 Å². The molecule has 5 nitrogen and oxygen atoms in total. The van der Waals surface area contributed by atoms with Gasteiger partial charge in [-0.1, -0.05) is 55.5 Å². The first kappa shape index (κ1) is 17.1. The molecule has 0 radical (unpaired) electrons. The van der Waals surface area contributed by atoms with Gasteiger partial charge in [0.15, 0.2) is 0 Å². The molecule has 1 amide bonds. The Hall–Kier alpha value is -2.73. The van der Waals surface area contributed by atoms with Crippen molar-refractivity contribution in [1.82, 2.24) is 10.2 Å². The van der Waals surface area contributed by atoms with E-state index in [1.807, 2.05) is 66.5 Å². The van der Waals surface area contributed by atoms with Crippen LogP contribution in [0.3, 0.4) is 0 Å². The van der Waals surface area contributed by atoms with Gasteiger partial charge in [0.2, 0.25) is 5.13 Å². The largest absolute Gasteiger partial charge is 0.344 e. The van der Waals surface area contributed by atoms with E-state index >= 15 is 0 Å². The van der Waals surface area contributed by atoms with Crippen LogP contribution >= 0.6 is 11.3 Å². The number of benzene rings is 2. The molecule has 0 fully saturated rings. The van der Waals surface area contributed by atoms with Crippen molar-refractivity contribution in [3.05, 3.63) is 65.2 Å². The highest BCUT2D eigenvalue weighted by Crippen LogP contribution is 2.28. The third-order valence-corrected chi connectivity index (χ3v) is 4.95. The predicted molar refractivity (Wildman–Crippen MR) is 103 cm³/mol. The second kappa shape index (κ2) is 7.44. The van der Waals surface area contributed by atoms with E-state index in [9.17, 15) is 4.79 Å². The van der Waals surface area contributed by atoms with Gasteiger partial charge in [-0.25, -0.2) is 0 Å². The Labute approximate surface area is 151 Å². The van der Waals surface area contributed by atoms with Crippen LogP contribution in [0.4, 0.5) is 16.5 Å². The smallest absolute Gasteiger partial charge is 0.259 e. The number of para-hydroxylation sites is 2. The van der Waals surface area contributed by atoms with E-state index in [2.05, 4.69) is 29.4 Å². The van der Waals surface area contributed by atoms with Gasteiger partial charge in [-0.15, -0.1) is 10.2 Å². The lowest BCUT2D eigenvalue weighted by molar-refractivity contribution is 0.102. The van der Waals surface area contributed by atoms with Crippen molar-refractivity contribution in [2.75, 3.05) is 17.3 Å². The van der Waals surface area contributed by atoms with Crippen molar-refractivity contribution in [2.24, 2.45) is 0 Å². The number of rotatable bonds is 5. The maximum absolute atomic E-state index is 12.8. The van der Waals surface area contributed by atoms with E-state index in [4.69, 9.17) is 0 Å². The molecule has 3 rings (SSSR count). The minimum atomic E-state index is -0.190. The molecule has 3 aromatic rings. The molecule has 0 saturated heterocycles. The van der Waals surface area contributed by atoms with Crippen LogP contribution in [0.15, 0.2) is 54.6 Å². The van der Waals surface area contributed by atoms with Gasteiger partial charge in [0, 0.05) is 18.7 Å². The predicted octanol–water partition coefficient (Wildman–Crippen LogP) is 4.68. The lowest BCUT2D eigenvalue weighted by Gasteiger charge is -2.22. The van der Waals surface area contributed by atoms with E-state index in [-0.39, 0.29) is 5.91 Å². The molecule has 2 aromatic carbocycles. The van der Waals surface area contributed by atoms with E-state index in [1.54, 1.807) is 0 Å². The average Bonchev–Trinajstić information content (AvgIpc) is 3.10. The Balaban J connectivity index is 1.85. The van der Waals surface area contributed by atoms with Crippen LogP contribution in [0, 0.1) is 0 Å². The second-order valence-electron chi connectivity index (χ2n) is 5.97. The Morgan fingerprint density at radius 2 is 1.72 bits per heavy atom. The standard InChI is InChI=1S/C19H20N4OS/c1-13(2)18-21-22-19(25-18)20-17(24)15-11-7-8-12-16(15)23(3)14-9-5-4-6-10-14/h4-13H,1-3H3,(H,20,22,24). The van der Waals surface area contributed by atoms with Gasteiger partial charge in [0.05, 0.1) is 11.3 Å². The van der Waals surface area contributed by atoms with Crippen molar-refractivity contribution in [2.45, 2.75) is 19.8 Å². The normalized spacial score (nSPS) is 10.7. The minimum absolute atomic E-state index is 0.190. The summed E-state index contributed by atoms with van der Waals surface area (Å²) in [5.74, 6) is 0.101. The highest BCUT2D eigenvalue weighted by molar-refractivity contribution is 7.15. The molecule has 0 bridgehead atoms. The number of hydrogen-bond acceptors (Lipinski definition) is 5. The SMILES string of the molecule is CC(C)c1nnc(NC(=O)c2ccccc2N(C)c2ccccc2)s1. The summed E-state index contributed by atoms with van der Waals surface area (Å²) in [7, 11) is 1.95. The van der Waals surface area contributed by atoms with Gasteiger partial charge in [0.25, 0.3) is 5.91 Å². The number of carbonyl (C=O) groups excluding carboxylic acids is 1. The second-order valence-corrected chi connectivity index (χ2v) is 6.98. The van der Waals surface area contributed by atoms with Gasteiger partial charge in [-0.3, -0.25) is 10.1 Å². The summed E-state index contributed by atoms with van der Waals surface area (Å²) in [5.41, 5.74) is 2.44. The Morgan fingerprint density at radius 1 is 1.04 bits per heavy atom. The molecule has 1 heterocycles.